The van der Waals surface area contributed by atoms with Gasteiger partial charge in [0.2, 0.25) is 10.0 Å². The van der Waals surface area contributed by atoms with Crippen LogP contribution in [0.4, 0.5) is 5.69 Å². The molecule has 1 aromatic carbocycles. The van der Waals surface area contributed by atoms with Gasteiger partial charge >= 0.3 is 0 Å². The Morgan fingerprint density at radius 3 is 2.17 bits per heavy atom. The average Bonchev–Trinajstić information content (AvgIpc) is 2.60. The van der Waals surface area contributed by atoms with E-state index in [0.29, 0.717) is 42.7 Å². The van der Waals surface area contributed by atoms with Crippen LogP contribution in [-0.4, -0.2) is 44.7 Å². The van der Waals surface area contributed by atoms with Gasteiger partial charge < -0.3 is 4.90 Å². The van der Waals surface area contributed by atoms with Gasteiger partial charge in [-0.3, -0.25) is 0 Å². The lowest BCUT2D eigenvalue weighted by molar-refractivity contribution is 0.312. The van der Waals surface area contributed by atoms with E-state index in [9.17, 15) is 18.9 Å². The summed E-state index contributed by atoms with van der Waals surface area (Å²) in [7, 11) is -1.57. The lowest BCUT2D eigenvalue weighted by Gasteiger charge is -2.37. The molecule has 0 N–H and O–H groups in total. The second kappa shape index (κ2) is 6.99. The van der Waals surface area contributed by atoms with Crippen LogP contribution in [0, 0.1) is 22.7 Å². The van der Waals surface area contributed by atoms with Crippen molar-refractivity contribution in [2.45, 2.75) is 25.8 Å². The van der Waals surface area contributed by atoms with Crippen LogP contribution in [0.2, 0.25) is 0 Å². The van der Waals surface area contributed by atoms with Gasteiger partial charge in [-0.05, 0) is 31.9 Å². The number of nitrogens with zero attached hydrogens (tertiary/aromatic N) is 4. The highest BCUT2D eigenvalue weighted by molar-refractivity contribution is 7.89. The fraction of sp³-hybridized carbons (Fsp3) is 0.500. The zero-order valence-corrected chi connectivity index (χ0v) is 14.2. The highest BCUT2D eigenvalue weighted by atomic mass is 32.2. The van der Waals surface area contributed by atoms with Crippen LogP contribution in [0.25, 0.3) is 0 Å². The Morgan fingerprint density at radius 1 is 1.22 bits per heavy atom. The summed E-state index contributed by atoms with van der Waals surface area (Å²) < 4.78 is 25.4. The summed E-state index contributed by atoms with van der Waals surface area (Å²) in [6.45, 7) is 2.90. The van der Waals surface area contributed by atoms with E-state index in [-0.39, 0.29) is 11.8 Å². The fourth-order valence-corrected chi connectivity index (χ4v) is 4.02. The van der Waals surface area contributed by atoms with Crippen molar-refractivity contribution in [3.8, 4) is 12.1 Å². The first-order chi connectivity index (χ1) is 10.9. The molecule has 1 aromatic rings. The van der Waals surface area contributed by atoms with Gasteiger partial charge in [0.25, 0.3) is 0 Å². The summed E-state index contributed by atoms with van der Waals surface area (Å²) in [6, 6.07) is 9.35. The van der Waals surface area contributed by atoms with Crippen molar-refractivity contribution in [1.82, 2.24) is 4.31 Å². The Labute approximate surface area is 137 Å². The molecule has 0 bridgehead atoms. The molecule has 1 aliphatic rings. The number of benzene rings is 1. The summed E-state index contributed by atoms with van der Waals surface area (Å²) in [4.78, 5) is 2.01. The van der Waals surface area contributed by atoms with Gasteiger partial charge in [-0.15, -0.1) is 0 Å². The Hall–Kier alpha value is -2.09. The summed E-state index contributed by atoms with van der Waals surface area (Å²) in [5, 5.41) is 18.5. The quantitative estimate of drug-likeness (QED) is 0.837. The minimum absolute atomic E-state index is 0.0315. The lowest BCUT2D eigenvalue weighted by atomic mass is 10.0. The SMILES string of the molecule is CCS(=O)(=O)N(C)C1CCN(c2c(C#N)cccc2C#N)CC1. The molecular weight excluding hydrogens is 312 g/mol. The van der Waals surface area contributed by atoms with Crippen molar-refractivity contribution in [3.63, 3.8) is 0 Å². The van der Waals surface area contributed by atoms with Gasteiger partial charge in [0, 0.05) is 26.2 Å². The van der Waals surface area contributed by atoms with Gasteiger partial charge in [0.15, 0.2) is 0 Å². The minimum Gasteiger partial charge on any atom is -0.369 e. The Balaban J connectivity index is 2.18. The molecule has 122 valence electrons. The average molecular weight is 332 g/mol. The first-order valence-corrected chi connectivity index (χ1v) is 9.19. The van der Waals surface area contributed by atoms with Crippen LogP contribution in [0.5, 0.6) is 0 Å². The van der Waals surface area contributed by atoms with Crippen molar-refractivity contribution in [2.24, 2.45) is 0 Å². The molecule has 0 saturated carbocycles. The Morgan fingerprint density at radius 2 is 1.74 bits per heavy atom. The molecule has 23 heavy (non-hydrogen) atoms. The fourth-order valence-electron chi connectivity index (χ4n) is 2.95. The van der Waals surface area contributed by atoms with Crippen LogP contribution in [0.3, 0.4) is 0 Å². The van der Waals surface area contributed by atoms with E-state index in [4.69, 9.17) is 0 Å². The standard InChI is InChI=1S/C16H20N4O2S/c1-3-23(21,22)19(2)15-7-9-20(10-8-15)16-13(11-17)5-4-6-14(16)12-18/h4-6,15H,3,7-10H2,1-2H3. The van der Waals surface area contributed by atoms with Crippen LogP contribution in [-0.2, 0) is 10.0 Å². The van der Waals surface area contributed by atoms with Crippen LogP contribution in [0.1, 0.15) is 30.9 Å². The van der Waals surface area contributed by atoms with Crippen molar-refractivity contribution < 1.29 is 8.42 Å². The maximum Gasteiger partial charge on any atom is 0.213 e. The van der Waals surface area contributed by atoms with Crippen molar-refractivity contribution >= 4 is 15.7 Å². The zero-order valence-electron chi connectivity index (χ0n) is 13.4. The summed E-state index contributed by atoms with van der Waals surface area (Å²) >= 11 is 0. The monoisotopic (exact) mass is 332 g/mol. The molecule has 0 radical (unpaired) electrons. The van der Waals surface area contributed by atoms with E-state index in [2.05, 4.69) is 12.1 Å². The molecule has 1 heterocycles. The molecule has 0 spiro atoms. The van der Waals surface area contributed by atoms with Crippen molar-refractivity contribution in [1.29, 1.82) is 10.5 Å². The van der Waals surface area contributed by atoms with Gasteiger partial charge in [-0.25, -0.2) is 12.7 Å². The van der Waals surface area contributed by atoms with Crippen LogP contribution in [0.15, 0.2) is 18.2 Å². The third-order valence-corrected chi connectivity index (χ3v) is 6.28. The number of sulfonamides is 1. The number of piperidine rings is 1. The molecule has 0 aromatic heterocycles. The van der Waals surface area contributed by atoms with E-state index in [1.165, 1.54) is 4.31 Å². The maximum absolute atomic E-state index is 12.0. The zero-order chi connectivity index (χ0) is 17.0. The van der Waals surface area contributed by atoms with Gasteiger partial charge in [0.05, 0.1) is 22.6 Å². The van der Waals surface area contributed by atoms with Gasteiger partial charge in [-0.2, -0.15) is 10.5 Å². The molecule has 7 heteroatoms. The Kier molecular flexibility index (Phi) is 5.25. The molecule has 0 atom stereocenters. The predicted molar refractivity (Wildman–Crippen MR) is 88.3 cm³/mol. The molecular formula is C16H20N4O2S. The number of anilines is 1. The molecule has 0 amide bonds. The lowest BCUT2D eigenvalue weighted by Crippen LogP contribution is -2.46. The molecule has 6 nitrogen and oxygen atoms in total. The highest BCUT2D eigenvalue weighted by Gasteiger charge is 2.30. The second-order valence-corrected chi connectivity index (χ2v) is 7.88. The third-order valence-electron chi connectivity index (χ3n) is 4.38. The summed E-state index contributed by atoms with van der Waals surface area (Å²) in [5.74, 6) is 0.0968. The molecule has 0 unspecified atom stereocenters. The van der Waals surface area contributed by atoms with Crippen LogP contribution >= 0.6 is 0 Å². The van der Waals surface area contributed by atoms with Crippen LogP contribution < -0.4 is 4.90 Å². The van der Waals surface area contributed by atoms with Crippen molar-refractivity contribution in [3.05, 3.63) is 29.3 Å². The first-order valence-electron chi connectivity index (χ1n) is 7.58. The third kappa shape index (κ3) is 3.47. The van der Waals surface area contributed by atoms with Gasteiger partial charge in [0.1, 0.15) is 12.1 Å². The number of nitriles is 2. The largest absolute Gasteiger partial charge is 0.369 e. The molecule has 1 aliphatic heterocycles. The highest BCUT2D eigenvalue weighted by Crippen LogP contribution is 2.29. The maximum atomic E-state index is 12.0. The number of rotatable bonds is 4. The van der Waals surface area contributed by atoms with E-state index in [1.54, 1.807) is 32.2 Å². The Bertz CT molecular complexity index is 721. The normalized spacial score (nSPS) is 16.1. The number of hydrogen-bond acceptors (Lipinski definition) is 5. The second-order valence-electron chi connectivity index (χ2n) is 5.56. The summed E-state index contributed by atoms with van der Waals surface area (Å²) in [5.41, 5.74) is 1.63. The number of hydrogen-bond donors (Lipinski definition) is 0. The molecule has 2 rings (SSSR count). The number of para-hydroxylation sites is 1. The molecule has 0 aliphatic carbocycles. The van der Waals surface area contributed by atoms with Crippen molar-refractivity contribution in [2.75, 3.05) is 30.8 Å². The predicted octanol–water partition coefficient (Wildman–Crippen LogP) is 1.68. The van der Waals surface area contributed by atoms with Gasteiger partial charge in [-0.1, -0.05) is 6.07 Å². The van der Waals surface area contributed by atoms with E-state index in [1.807, 2.05) is 4.90 Å². The van der Waals surface area contributed by atoms with E-state index >= 15 is 0 Å². The van der Waals surface area contributed by atoms with E-state index < -0.39 is 10.0 Å². The smallest absolute Gasteiger partial charge is 0.213 e. The van der Waals surface area contributed by atoms with E-state index in [0.717, 1.165) is 0 Å². The molecule has 1 fully saturated rings. The first kappa shape index (κ1) is 17.3. The minimum atomic E-state index is -3.20. The molecule has 1 saturated heterocycles. The topological polar surface area (TPSA) is 88.2 Å². The summed E-state index contributed by atoms with van der Waals surface area (Å²) in [6.07, 6.45) is 1.36.